The number of aldehydes is 1. The number of hydrogen-bond acceptors (Lipinski definition) is 5. The molecule has 1 saturated heterocycles. The predicted octanol–water partition coefficient (Wildman–Crippen LogP) is 2.79. The second-order valence-electron chi connectivity index (χ2n) is 7.25. The fourth-order valence-electron chi connectivity index (χ4n) is 3.43. The van der Waals surface area contributed by atoms with Crippen LogP contribution in [0.1, 0.15) is 41.3 Å². The number of aryl methyl sites for hydroxylation is 2. The van der Waals surface area contributed by atoms with E-state index in [1.807, 2.05) is 31.2 Å². The number of carbonyl (C=O) groups is 4. The van der Waals surface area contributed by atoms with E-state index in [4.69, 9.17) is 5.11 Å². The number of rotatable bonds is 7. The van der Waals surface area contributed by atoms with Gasteiger partial charge in [0.1, 0.15) is 11.8 Å². The molecule has 1 fully saturated rings. The maximum atomic E-state index is 13.0. The molecule has 9 heteroatoms. The third kappa shape index (κ3) is 5.50. The summed E-state index contributed by atoms with van der Waals surface area (Å²) in [6, 6.07) is 12.8. The Morgan fingerprint density at radius 3 is 2.41 bits per heavy atom. The molecule has 1 aliphatic heterocycles. The van der Waals surface area contributed by atoms with E-state index in [0.29, 0.717) is 35.5 Å². The standard InChI is InChI=1S/C22H24N4O4.CH4O/c1-3-22(13-12-16-6-4-5-7-17(16)14-27)19(28)26(21(30)24-22)25-20(29)23-18-10-8-15(2)9-11-18;1-2/h4-11,14H,3,12-13H2,1-2H3,(H,24,30)(H2,23,25,29);2H,1H3. The summed E-state index contributed by atoms with van der Waals surface area (Å²) in [7, 11) is 1.00. The minimum atomic E-state index is -1.15. The predicted molar refractivity (Wildman–Crippen MR) is 120 cm³/mol. The molecule has 4 N–H and O–H groups in total. The first-order chi connectivity index (χ1) is 15.4. The molecule has 0 saturated carbocycles. The van der Waals surface area contributed by atoms with Gasteiger partial charge in [-0.15, -0.1) is 0 Å². The second kappa shape index (κ2) is 11.1. The van der Waals surface area contributed by atoms with Gasteiger partial charge in [-0.3, -0.25) is 9.59 Å². The van der Waals surface area contributed by atoms with Crippen molar-refractivity contribution in [1.29, 1.82) is 0 Å². The summed E-state index contributed by atoms with van der Waals surface area (Å²) < 4.78 is 0. The SMILES string of the molecule is CCC1(CCc2ccccc2C=O)NC(=O)N(NC(=O)Nc2ccc(C)cc2)C1=O.CO. The van der Waals surface area contributed by atoms with Gasteiger partial charge in [0.15, 0.2) is 0 Å². The van der Waals surface area contributed by atoms with Crippen LogP contribution >= 0.6 is 0 Å². The smallest absolute Gasteiger partial charge is 0.344 e. The van der Waals surface area contributed by atoms with Crippen LogP contribution in [-0.2, 0) is 11.2 Å². The monoisotopic (exact) mass is 440 g/mol. The Morgan fingerprint density at radius 2 is 1.78 bits per heavy atom. The van der Waals surface area contributed by atoms with Crippen molar-refractivity contribution in [3.63, 3.8) is 0 Å². The van der Waals surface area contributed by atoms with E-state index in [1.165, 1.54) is 0 Å². The summed E-state index contributed by atoms with van der Waals surface area (Å²) in [5.74, 6) is -0.530. The summed E-state index contributed by atoms with van der Waals surface area (Å²) in [6.45, 7) is 3.72. The summed E-state index contributed by atoms with van der Waals surface area (Å²) in [5.41, 5.74) is 4.09. The minimum Gasteiger partial charge on any atom is -0.400 e. The van der Waals surface area contributed by atoms with Crippen molar-refractivity contribution in [2.45, 2.75) is 38.6 Å². The van der Waals surface area contributed by atoms with Gasteiger partial charge in [0, 0.05) is 18.4 Å². The van der Waals surface area contributed by atoms with Crippen molar-refractivity contribution in [2.75, 3.05) is 12.4 Å². The van der Waals surface area contributed by atoms with Crippen molar-refractivity contribution in [3.8, 4) is 0 Å². The molecule has 0 spiro atoms. The molecular formula is C23H28N4O5. The van der Waals surface area contributed by atoms with Crippen LogP contribution < -0.4 is 16.1 Å². The number of urea groups is 2. The number of hydrogen-bond donors (Lipinski definition) is 4. The number of amides is 5. The van der Waals surface area contributed by atoms with E-state index >= 15 is 0 Å². The average molecular weight is 441 g/mol. The Bertz CT molecular complexity index is 977. The maximum absolute atomic E-state index is 13.0. The lowest BCUT2D eigenvalue weighted by Gasteiger charge is -2.25. The Balaban J connectivity index is 0.00000176. The molecule has 0 bridgehead atoms. The molecule has 5 amide bonds. The van der Waals surface area contributed by atoms with Crippen LogP contribution in [0.2, 0.25) is 0 Å². The number of aliphatic hydroxyl groups is 1. The molecular weight excluding hydrogens is 412 g/mol. The molecule has 1 unspecified atom stereocenters. The van der Waals surface area contributed by atoms with Gasteiger partial charge in [-0.2, -0.15) is 5.01 Å². The van der Waals surface area contributed by atoms with Gasteiger partial charge < -0.3 is 15.7 Å². The topological polar surface area (TPSA) is 128 Å². The maximum Gasteiger partial charge on any atom is 0.344 e. The number of aliphatic hydroxyl groups excluding tert-OH is 1. The zero-order valence-corrected chi connectivity index (χ0v) is 18.3. The van der Waals surface area contributed by atoms with Crippen LogP contribution in [0, 0.1) is 6.92 Å². The van der Waals surface area contributed by atoms with Crippen LogP contribution in [0.25, 0.3) is 0 Å². The molecule has 0 radical (unpaired) electrons. The van der Waals surface area contributed by atoms with Gasteiger partial charge in [-0.25, -0.2) is 15.0 Å². The first-order valence-corrected chi connectivity index (χ1v) is 10.2. The fourth-order valence-corrected chi connectivity index (χ4v) is 3.43. The van der Waals surface area contributed by atoms with Gasteiger partial charge in [-0.1, -0.05) is 48.9 Å². The van der Waals surface area contributed by atoms with E-state index in [1.54, 1.807) is 31.2 Å². The lowest BCUT2D eigenvalue weighted by molar-refractivity contribution is -0.133. The Hall–Kier alpha value is -3.72. The first-order valence-electron chi connectivity index (χ1n) is 10.2. The molecule has 170 valence electrons. The quantitative estimate of drug-likeness (QED) is 0.389. The highest BCUT2D eigenvalue weighted by atomic mass is 16.2. The number of nitrogens with zero attached hydrogens (tertiary/aromatic N) is 1. The molecule has 2 aromatic carbocycles. The van der Waals surface area contributed by atoms with E-state index in [-0.39, 0.29) is 0 Å². The Labute approximate surface area is 186 Å². The van der Waals surface area contributed by atoms with Crippen molar-refractivity contribution in [3.05, 3.63) is 65.2 Å². The van der Waals surface area contributed by atoms with E-state index in [2.05, 4.69) is 16.1 Å². The molecule has 2 aromatic rings. The highest BCUT2D eigenvalue weighted by Crippen LogP contribution is 2.26. The lowest BCUT2D eigenvalue weighted by Crippen LogP contribution is -2.51. The number of anilines is 1. The van der Waals surface area contributed by atoms with Crippen LogP contribution in [0.4, 0.5) is 15.3 Å². The molecule has 1 atom stereocenters. The third-order valence-electron chi connectivity index (χ3n) is 5.29. The molecule has 0 aromatic heterocycles. The van der Waals surface area contributed by atoms with Crippen LogP contribution in [0.15, 0.2) is 48.5 Å². The van der Waals surface area contributed by atoms with Crippen LogP contribution in [-0.4, -0.2) is 47.0 Å². The first kappa shape index (κ1) is 24.5. The molecule has 1 heterocycles. The van der Waals surface area contributed by atoms with Crippen molar-refractivity contribution >= 4 is 29.9 Å². The highest BCUT2D eigenvalue weighted by molar-refractivity contribution is 6.08. The second-order valence-corrected chi connectivity index (χ2v) is 7.25. The summed E-state index contributed by atoms with van der Waals surface area (Å²) in [4.78, 5) is 48.9. The lowest BCUT2D eigenvalue weighted by atomic mass is 9.88. The van der Waals surface area contributed by atoms with Gasteiger partial charge >= 0.3 is 12.1 Å². The van der Waals surface area contributed by atoms with Crippen LogP contribution in [0.3, 0.4) is 0 Å². The number of nitrogens with one attached hydrogen (secondary N) is 3. The molecule has 9 nitrogen and oxygen atoms in total. The van der Waals surface area contributed by atoms with Gasteiger partial charge in [0.25, 0.3) is 5.91 Å². The normalized spacial score (nSPS) is 17.2. The van der Waals surface area contributed by atoms with Gasteiger partial charge in [0.05, 0.1) is 0 Å². The molecule has 32 heavy (non-hydrogen) atoms. The minimum absolute atomic E-state index is 0.302. The van der Waals surface area contributed by atoms with Crippen molar-refractivity contribution in [1.82, 2.24) is 15.8 Å². The Morgan fingerprint density at radius 1 is 1.12 bits per heavy atom. The third-order valence-corrected chi connectivity index (χ3v) is 5.29. The van der Waals surface area contributed by atoms with Crippen molar-refractivity contribution in [2.24, 2.45) is 0 Å². The average Bonchev–Trinajstić information content (AvgIpc) is 3.05. The van der Waals surface area contributed by atoms with Gasteiger partial charge in [-0.05, 0) is 43.9 Å². The summed E-state index contributed by atoms with van der Waals surface area (Å²) in [5, 5.41) is 13.0. The highest BCUT2D eigenvalue weighted by Gasteiger charge is 2.50. The van der Waals surface area contributed by atoms with E-state index in [0.717, 1.165) is 24.5 Å². The summed E-state index contributed by atoms with van der Waals surface area (Å²) >= 11 is 0. The van der Waals surface area contributed by atoms with E-state index in [9.17, 15) is 19.2 Å². The van der Waals surface area contributed by atoms with Crippen molar-refractivity contribution < 1.29 is 24.3 Å². The van der Waals surface area contributed by atoms with Crippen LogP contribution in [0.5, 0.6) is 0 Å². The fraction of sp³-hybridized carbons (Fsp3) is 0.304. The molecule has 1 aliphatic rings. The number of benzene rings is 2. The molecule has 0 aliphatic carbocycles. The number of carbonyl (C=O) groups excluding carboxylic acids is 4. The zero-order valence-electron chi connectivity index (χ0n) is 18.3. The Kier molecular flexibility index (Phi) is 8.48. The van der Waals surface area contributed by atoms with Gasteiger partial charge in [0.2, 0.25) is 0 Å². The summed E-state index contributed by atoms with van der Waals surface area (Å²) in [6.07, 6.45) is 1.85. The number of hydrazine groups is 1. The zero-order chi connectivity index (χ0) is 23.7. The van der Waals surface area contributed by atoms with E-state index < -0.39 is 23.5 Å². The largest absolute Gasteiger partial charge is 0.400 e. The number of imide groups is 1. The molecule has 3 rings (SSSR count).